The molecule has 0 radical (unpaired) electrons. The Kier molecular flexibility index (Phi) is 7.93. The number of hydrogen-bond donors (Lipinski definition) is 2. The molecule has 0 saturated carbocycles. The Morgan fingerprint density at radius 3 is 2.39 bits per heavy atom. The second-order valence-corrected chi connectivity index (χ2v) is 8.97. The highest BCUT2D eigenvalue weighted by Crippen LogP contribution is 2.26. The lowest BCUT2D eigenvalue weighted by Gasteiger charge is -2.12. The second-order valence-electron chi connectivity index (χ2n) is 5.69. The molecule has 0 heterocycles. The van der Waals surface area contributed by atoms with Gasteiger partial charge < -0.3 is 14.8 Å². The van der Waals surface area contributed by atoms with Crippen LogP contribution in [0.15, 0.2) is 51.8 Å². The number of thiocarbonyl (C=S) groups is 1. The molecule has 1 amide bonds. The van der Waals surface area contributed by atoms with Gasteiger partial charge in [0, 0.05) is 24.6 Å². The summed E-state index contributed by atoms with van der Waals surface area (Å²) in [6.07, 6.45) is 1.13. The molecular weight excluding hydrogens is 468 g/mol. The molecule has 0 atom stereocenters. The van der Waals surface area contributed by atoms with Gasteiger partial charge in [-0.15, -0.1) is 0 Å². The molecule has 7 nitrogen and oxygen atoms in total. The maximum Gasteiger partial charge on any atom is 0.257 e. The van der Waals surface area contributed by atoms with Crippen molar-refractivity contribution in [2.75, 3.05) is 31.9 Å². The van der Waals surface area contributed by atoms with Crippen LogP contribution < -0.4 is 15.4 Å². The van der Waals surface area contributed by atoms with Crippen molar-refractivity contribution in [2.24, 2.45) is 0 Å². The van der Waals surface area contributed by atoms with Crippen LogP contribution in [0, 0.1) is 0 Å². The van der Waals surface area contributed by atoms with E-state index in [1.165, 1.54) is 12.1 Å². The van der Waals surface area contributed by atoms with Crippen molar-refractivity contribution in [1.29, 1.82) is 0 Å². The number of anilines is 1. The zero-order valence-corrected chi connectivity index (χ0v) is 18.4. The van der Waals surface area contributed by atoms with Gasteiger partial charge in [-0.1, -0.05) is 0 Å². The average molecular weight is 487 g/mol. The molecule has 0 spiro atoms. The molecule has 0 fully saturated rings. The Morgan fingerprint density at radius 1 is 1.14 bits per heavy atom. The lowest BCUT2D eigenvalue weighted by molar-refractivity contribution is 0.0977. The number of halogens is 1. The SMILES string of the molecule is COCCOc1ccc(C(=O)NC(=S)Nc2ccc(S(C)(=O)=O)cc2)cc1Br. The van der Waals surface area contributed by atoms with Gasteiger partial charge in [-0.3, -0.25) is 10.1 Å². The lowest BCUT2D eigenvalue weighted by Crippen LogP contribution is -2.34. The van der Waals surface area contributed by atoms with Gasteiger partial charge in [0.15, 0.2) is 14.9 Å². The summed E-state index contributed by atoms with van der Waals surface area (Å²) in [7, 11) is -1.68. The zero-order chi connectivity index (χ0) is 20.7. The normalized spacial score (nSPS) is 11.0. The number of methoxy groups -OCH3 is 1. The summed E-state index contributed by atoms with van der Waals surface area (Å²) in [5, 5.41) is 5.50. The van der Waals surface area contributed by atoms with E-state index < -0.39 is 15.7 Å². The van der Waals surface area contributed by atoms with E-state index in [2.05, 4.69) is 26.6 Å². The number of nitrogens with one attached hydrogen (secondary N) is 2. The number of carbonyl (C=O) groups is 1. The molecule has 2 N–H and O–H groups in total. The van der Waals surface area contributed by atoms with Crippen LogP contribution in [0.4, 0.5) is 5.69 Å². The summed E-state index contributed by atoms with van der Waals surface area (Å²) in [6, 6.07) is 11.0. The Hall–Kier alpha value is -2.01. The monoisotopic (exact) mass is 486 g/mol. The van der Waals surface area contributed by atoms with Crippen LogP contribution in [0.5, 0.6) is 5.75 Å². The number of carbonyl (C=O) groups excluding carboxylic acids is 1. The Labute approximate surface area is 177 Å². The molecule has 10 heteroatoms. The van der Waals surface area contributed by atoms with E-state index in [-0.39, 0.29) is 10.0 Å². The van der Waals surface area contributed by atoms with Crippen molar-refractivity contribution in [2.45, 2.75) is 4.90 Å². The number of rotatable bonds is 7. The van der Waals surface area contributed by atoms with Crippen LogP contribution >= 0.6 is 28.1 Å². The fourth-order valence-corrected chi connectivity index (χ4v) is 3.45. The highest BCUT2D eigenvalue weighted by molar-refractivity contribution is 9.10. The Balaban J connectivity index is 1.96. The van der Waals surface area contributed by atoms with Crippen LogP contribution in [0.2, 0.25) is 0 Å². The predicted octanol–water partition coefficient (Wildman–Crippen LogP) is 3.00. The fraction of sp³-hybridized carbons (Fsp3) is 0.222. The van der Waals surface area contributed by atoms with Crippen molar-refractivity contribution < 1.29 is 22.7 Å². The third-order valence-corrected chi connectivity index (χ3v) is 5.46. The predicted molar refractivity (Wildman–Crippen MR) is 115 cm³/mol. The maximum atomic E-state index is 12.4. The molecule has 0 aromatic heterocycles. The van der Waals surface area contributed by atoms with E-state index in [0.717, 1.165) is 6.26 Å². The summed E-state index contributed by atoms with van der Waals surface area (Å²) in [5.41, 5.74) is 0.948. The zero-order valence-electron chi connectivity index (χ0n) is 15.2. The first-order valence-corrected chi connectivity index (χ1v) is 11.1. The van der Waals surface area contributed by atoms with Crippen molar-refractivity contribution in [3.05, 3.63) is 52.5 Å². The third-order valence-electron chi connectivity index (χ3n) is 3.51. The molecule has 0 aliphatic carbocycles. The van der Waals surface area contributed by atoms with Crippen LogP contribution in [0.25, 0.3) is 0 Å². The standard InChI is InChI=1S/C18H19BrN2O5S2/c1-25-9-10-26-16-8-3-12(11-15(16)19)17(22)21-18(27)20-13-4-6-14(7-5-13)28(2,23)24/h3-8,11H,9-10H2,1-2H3,(H2,20,21,22,27). The molecule has 2 aromatic rings. The number of sulfone groups is 1. The smallest absolute Gasteiger partial charge is 0.257 e. The van der Waals surface area contributed by atoms with E-state index in [1.54, 1.807) is 37.4 Å². The van der Waals surface area contributed by atoms with Crippen LogP contribution in [-0.2, 0) is 14.6 Å². The highest BCUT2D eigenvalue weighted by Gasteiger charge is 2.12. The fourth-order valence-electron chi connectivity index (χ4n) is 2.12. The highest BCUT2D eigenvalue weighted by atomic mass is 79.9. The lowest BCUT2D eigenvalue weighted by atomic mass is 10.2. The minimum atomic E-state index is -3.27. The molecule has 0 unspecified atom stereocenters. The van der Waals surface area contributed by atoms with E-state index in [9.17, 15) is 13.2 Å². The summed E-state index contributed by atoms with van der Waals surface area (Å²) >= 11 is 8.50. The third kappa shape index (κ3) is 6.55. The molecule has 2 rings (SSSR count). The van der Waals surface area contributed by atoms with Crippen molar-refractivity contribution >= 4 is 54.7 Å². The summed E-state index contributed by atoms with van der Waals surface area (Å²) in [6.45, 7) is 0.854. The Morgan fingerprint density at radius 2 is 1.82 bits per heavy atom. The van der Waals surface area contributed by atoms with Crippen molar-refractivity contribution in [3.63, 3.8) is 0 Å². The molecule has 28 heavy (non-hydrogen) atoms. The first kappa shape index (κ1) is 22.3. The quantitative estimate of drug-likeness (QED) is 0.458. The maximum absolute atomic E-state index is 12.4. The summed E-state index contributed by atoms with van der Waals surface area (Å²) < 4.78 is 34.0. The van der Waals surface area contributed by atoms with Gasteiger partial charge in [-0.25, -0.2) is 8.42 Å². The van der Waals surface area contributed by atoms with Gasteiger partial charge >= 0.3 is 0 Å². The van der Waals surface area contributed by atoms with Crippen molar-refractivity contribution in [1.82, 2.24) is 5.32 Å². The molecular formula is C18H19BrN2O5S2. The number of amides is 1. The molecule has 0 saturated heterocycles. The van der Waals surface area contributed by atoms with E-state index in [4.69, 9.17) is 21.7 Å². The van der Waals surface area contributed by atoms with Crippen LogP contribution in [0.3, 0.4) is 0 Å². The van der Waals surface area contributed by atoms with Gasteiger partial charge in [0.25, 0.3) is 5.91 Å². The van der Waals surface area contributed by atoms with Crippen molar-refractivity contribution in [3.8, 4) is 5.75 Å². The van der Waals surface area contributed by atoms with Crippen LogP contribution in [-0.4, -0.2) is 46.0 Å². The second kappa shape index (κ2) is 9.97. The molecule has 0 aliphatic heterocycles. The van der Waals surface area contributed by atoms with Gasteiger partial charge in [0.05, 0.1) is 16.0 Å². The molecule has 0 bridgehead atoms. The minimum Gasteiger partial charge on any atom is -0.490 e. The van der Waals surface area contributed by atoms with Gasteiger partial charge in [-0.2, -0.15) is 0 Å². The summed E-state index contributed by atoms with van der Waals surface area (Å²) in [5.74, 6) is 0.203. The summed E-state index contributed by atoms with van der Waals surface area (Å²) in [4.78, 5) is 12.6. The minimum absolute atomic E-state index is 0.0913. The number of ether oxygens (including phenoxy) is 2. The van der Waals surface area contributed by atoms with E-state index in [1.807, 2.05) is 0 Å². The molecule has 0 aliphatic rings. The Bertz CT molecular complexity index is 962. The van der Waals surface area contributed by atoms with E-state index in [0.29, 0.717) is 34.7 Å². The van der Waals surface area contributed by atoms with E-state index >= 15 is 0 Å². The first-order valence-electron chi connectivity index (χ1n) is 8.04. The van der Waals surface area contributed by atoms with Gasteiger partial charge in [-0.05, 0) is 70.6 Å². The number of hydrogen-bond acceptors (Lipinski definition) is 6. The van der Waals surface area contributed by atoms with Gasteiger partial charge in [0.2, 0.25) is 0 Å². The van der Waals surface area contributed by atoms with Gasteiger partial charge in [0.1, 0.15) is 12.4 Å². The number of benzene rings is 2. The largest absolute Gasteiger partial charge is 0.490 e. The average Bonchev–Trinajstić information content (AvgIpc) is 2.62. The first-order chi connectivity index (χ1) is 13.2. The topological polar surface area (TPSA) is 93.7 Å². The molecule has 2 aromatic carbocycles. The van der Waals surface area contributed by atoms with Crippen LogP contribution in [0.1, 0.15) is 10.4 Å². The molecule has 150 valence electrons.